The highest BCUT2D eigenvalue weighted by molar-refractivity contribution is 5.88. The van der Waals surface area contributed by atoms with Crippen molar-refractivity contribution in [3.8, 4) is 0 Å². The van der Waals surface area contributed by atoms with E-state index in [9.17, 15) is 9.18 Å². The van der Waals surface area contributed by atoms with Crippen LogP contribution in [0.2, 0.25) is 0 Å². The fourth-order valence-electron chi connectivity index (χ4n) is 0.949. The Labute approximate surface area is 81.0 Å². The summed E-state index contributed by atoms with van der Waals surface area (Å²) >= 11 is 0. The van der Waals surface area contributed by atoms with E-state index in [0.717, 1.165) is 6.08 Å². The standard InChI is InChI=1S/C10H10FNO2/c1-14-10(13)6-5-7-8(11)3-2-4-9(7)12/h2-6H,12H2,1H3/b6-5+. The number of methoxy groups -OCH3 is 1. The monoisotopic (exact) mass is 195 g/mol. The topological polar surface area (TPSA) is 52.3 Å². The van der Waals surface area contributed by atoms with E-state index in [0.29, 0.717) is 0 Å². The van der Waals surface area contributed by atoms with E-state index >= 15 is 0 Å². The Morgan fingerprint density at radius 1 is 1.57 bits per heavy atom. The lowest BCUT2D eigenvalue weighted by atomic mass is 10.1. The van der Waals surface area contributed by atoms with Crippen LogP contribution in [0.5, 0.6) is 0 Å². The second-order valence-electron chi connectivity index (χ2n) is 2.60. The molecular formula is C10H10FNO2. The number of halogens is 1. The van der Waals surface area contributed by atoms with Gasteiger partial charge in [0.05, 0.1) is 7.11 Å². The first-order valence-corrected chi connectivity index (χ1v) is 3.95. The van der Waals surface area contributed by atoms with E-state index in [1.54, 1.807) is 6.07 Å². The molecule has 0 aliphatic carbocycles. The number of carbonyl (C=O) groups excluding carboxylic acids is 1. The molecular weight excluding hydrogens is 185 g/mol. The molecule has 1 aromatic carbocycles. The average molecular weight is 195 g/mol. The SMILES string of the molecule is COC(=O)/C=C/c1c(N)cccc1F. The predicted molar refractivity (Wildman–Crippen MR) is 51.9 cm³/mol. The van der Waals surface area contributed by atoms with Crippen molar-refractivity contribution < 1.29 is 13.9 Å². The molecule has 0 spiro atoms. The summed E-state index contributed by atoms with van der Waals surface area (Å²) in [6, 6.07) is 4.33. The summed E-state index contributed by atoms with van der Waals surface area (Å²) in [6.07, 6.45) is 2.41. The zero-order valence-electron chi connectivity index (χ0n) is 7.66. The van der Waals surface area contributed by atoms with Gasteiger partial charge in [-0.2, -0.15) is 0 Å². The molecule has 14 heavy (non-hydrogen) atoms. The summed E-state index contributed by atoms with van der Waals surface area (Å²) in [4.78, 5) is 10.7. The van der Waals surface area contributed by atoms with E-state index < -0.39 is 11.8 Å². The van der Waals surface area contributed by atoms with Crippen LogP contribution < -0.4 is 5.73 Å². The van der Waals surface area contributed by atoms with Crippen molar-refractivity contribution in [2.45, 2.75) is 0 Å². The van der Waals surface area contributed by atoms with E-state index in [4.69, 9.17) is 5.73 Å². The summed E-state index contributed by atoms with van der Waals surface area (Å²) in [7, 11) is 1.25. The third kappa shape index (κ3) is 2.32. The highest BCUT2D eigenvalue weighted by atomic mass is 19.1. The number of ether oxygens (including phenoxy) is 1. The largest absolute Gasteiger partial charge is 0.466 e. The van der Waals surface area contributed by atoms with E-state index in [1.807, 2.05) is 0 Å². The van der Waals surface area contributed by atoms with Crippen LogP contribution in [-0.4, -0.2) is 13.1 Å². The van der Waals surface area contributed by atoms with Crippen LogP contribution in [0.15, 0.2) is 24.3 Å². The smallest absolute Gasteiger partial charge is 0.330 e. The minimum Gasteiger partial charge on any atom is -0.466 e. The number of carbonyl (C=O) groups is 1. The maximum atomic E-state index is 13.1. The Bertz CT molecular complexity index is 354. The molecule has 74 valence electrons. The lowest BCUT2D eigenvalue weighted by molar-refractivity contribution is -0.134. The molecule has 0 unspecified atom stereocenters. The molecule has 0 aliphatic rings. The van der Waals surface area contributed by atoms with Gasteiger partial charge in [-0.3, -0.25) is 0 Å². The molecule has 4 heteroatoms. The maximum Gasteiger partial charge on any atom is 0.330 e. The summed E-state index contributed by atoms with van der Waals surface area (Å²) in [6.45, 7) is 0. The Kier molecular flexibility index (Phi) is 3.23. The molecule has 0 aliphatic heterocycles. The zero-order valence-corrected chi connectivity index (χ0v) is 7.66. The Morgan fingerprint density at radius 2 is 2.29 bits per heavy atom. The van der Waals surface area contributed by atoms with Crippen LogP contribution in [0.25, 0.3) is 6.08 Å². The summed E-state index contributed by atoms with van der Waals surface area (Å²) < 4.78 is 17.5. The first-order chi connectivity index (χ1) is 6.65. The number of hydrogen-bond acceptors (Lipinski definition) is 3. The number of hydrogen-bond donors (Lipinski definition) is 1. The van der Waals surface area contributed by atoms with Crippen molar-refractivity contribution in [2.75, 3.05) is 12.8 Å². The first kappa shape index (κ1) is 10.2. The van der Waals surface area contributed by atoms with Gasteiger partial charge in [-0.1, -0.05) is 6.07 Å². The van der Waals surface area contributed by atoms with Gasteiger partial charge in [-0.15, -0.1) is 0 Å². The van der Waals surface area contributed by atoms with Crippen LogP contribution in [-0.2, 0) is 9.53 Å². The molecule has 2 N–H and O–H groups in total. The van der Waals surface area contributed by atoms with Gasteiger partial charge in [0.1, 0.15) is 5.82 Å². The highest BCUT2D eigenvalue weighted by Crippen LogP contribution is 2.16. The van der Waals surface area contributed by atoms with Crippen molar-refractivity contribution in [2.24, 2.45) is 0 Å². The summed E-state index contributed by atoms with van der Waals surface area (Å²) in [5.41, 5.74) is 5.98. The fourth-order valence-corrected chi connectivity index (χ4v) is 0.949. The molecule has 0 saturated carbocycles. The fraction of sp³-hybridized carbons (Fsp3) is 0.100. The van der Waals surface area contributed by atoms with Gasteiger partial charge in [0, 0.05) is 17.3 Å². The number of benzene rings is 1. The maximum absolute atomic E-state index is 13.1. The predicted octanol–water partition coefficient (Wildman–Crippen LogP) is 1.59. The molecule has 3 nitrogen and oxygen atoms in total. The van der Waals surface area contributed by atoms with Crippen molar-refractivity contribution in [3.05, 3.63) is 35.7 Å². The third-order valence-electron chi connectivity index (χ3n) is 1.67. The molecule has 0 atom stereocenters. The lowest BCUT2D eigenvalue weighted by Crippen LogP contribution is -1.96. The second kappa shape index (κ2) is 4.41. The van der Waals surface area contributed by atoms with Gasteiger partial charge >= 0.3 is 5.97 Å². The zero-order chi connectivity index (χ0) is 10.6. The molecule has 0 bridgehead atoms. The van der Waals surface area contributed by atoms with E-state index in [-0.39, 0.29) is 11.3 Å². The van der Waals surface area contributed by atoms with Crippen molar-refractivity contribution in [3.63, 3.8) is 0 Å². The Balaban J connectivity index is 2.96. The molecule has 0 saturated heterocycles. The number of nitrogen functional groups attached to an aromatic ring is 1. The number of esters is 1. The van der Waals surface area contributed by atoms with Crippen molar-refractivity contribution in [1.82, 2.24) is 0 Å². The lowest BCUT2D eigenvalue weighted by Gasteiger charge is -2.00. The van der Waals surface area contributed by atoms with Gasteiger partial charge < -0.3 is 10.5 Å². The first-order valence-electron chi connectivity index (χ1n) is 3.95. The molecule has 0 heterocycles. The number of rotatable bonds is 2. The van der Waals surface area contributed by atoms with Gasteiger partial charge in [-0.05, 0) is 18.2 Å². The van der Waals surface area contributed by atoms with Crippen molar-refractivity contribution >= 4 is 17.7 Å². The van der Waals surface area contributed by atoms with Crippen LogP contribution in [0.3, 0.4) is 0 Å². The van der Waals surface area contributed by atoms with Crippen LogP contribution in [0, 0.1) is 5.82 Å². The van der Waals surface area contributed by atoms with Crippen molar-refractivity contribution in [1.29, 1.82) is 0 Å². The molecule has 1 aromatic rings. The highest BCUT2D eigenvalue weighted by Gasteiger charge is 2.02. The normalized spacial score (nSPS) is 10.4. The van der Waals surface area contributed by atoms with Gasteiger partial charge in [0.25, 0.3) is 0 Å². The quantitative estimate of drug-likeness (QED) is 0.443. The number of nitrogens with two attached hydrogens (primary N) is 1. The molecule has 0 aromatic heterocycles. The third-order valence-corrected chi connectivity index (χ3v) is 1.67. The molecule has 0 amide bonds. The number of anilines is 1. The van der Waals surface area contributed by atoms with Gasteiger partial charge in [0.2, 0.25) is 0 Å². The average Bonchev–Trinajstić information content (AvgIpc) is 2.16. The van der Waals surface area contributed by atoms with Gasteiger partial charge in [0.15, 0.2) is 0 Å². The molecule has 0 fully saturated rings. The molecule has 0 radical (unpaired) electrons. The minimum absolute atomic E-state index is 0.193. The van der Waals surface area contributed by atoms with Gasteiger partial charge in [-0.25, -0.2) is 9.18 Å². The van der Waals surface area contributed by atoms with Crippen LogP contribution in [0.4, 0.5) is 10.1 Å². The van der Waals surface area contributed by atoms with Crippen LogP contribution in [0.1, 0.15) is 5.56 Å². The minimum atomic E-state index is -0.548. The summed E-state index contributed by atoms with van der Waals surface area (Å²) in [5, 5.41) is 0. The van der Waals surface area contributed by atoms with Crippen LogP contribution >= 0.6 is 0 Å². The van der Waals surface area contributed by atoms with E-state index in [1.165, 1.54) is 25.3 Å². The second-order valence-corrected chi connectivity index (χ2v) is 2.60. The summed E-state index contributed by atoms with van der Waals surface area (Å²) in [5.74, 6) is -1.02. The Morgan fingerprint density at radius 3 is 2.86 bits per heavy atom. The van der Waals surface area contributed by atoms with E-state index in [2.05, 4.69) is 4.74 Å². The molecule has 1 rings (SSSR count). The Hall–Kier alpha value is -1.84.